The number of rotatable bonds is 39. The molecular formula is C51H90O15. The van der Waals surface area contributed by atoms with Crippen LogP contribution in [-0.2, 0) is 38.0 Å². The van der Waals surface area contributed by atoms with Crippen LogP contribution in [-0.4, -0.2) is 142 Å². The van der Waals surface area contributed by atoms with Crippen LogP contribution in [0.1, 0.15) is 181 Å². The van der Waals surface area contributed by atoms with E-state index in [-0.39, 0.29) is 19.4 Å². The van der Waals surface area contributed by atoms with E-state index in [0.717, 1.165) is 38.5 Å². The van der Waals surface area contributed by atoms with Gasteiger partial charge in [-0.15, -0.1) is 0 Å². The number of carbonyl (C=O) groups is 2. The molecule has 0 aromatic rings. The first-order chi connectivity index (χ1) is 32.0. The number of hydrogen-bond acceptors (Lipinski definition) is 15. The third-order valence-electron chi connectivity index (χ3n) is 12.1. The van der Waals surface area contributed by atoms with E-state index in [2.05, 4.69) is 44.2 Å². The summed E-state index contributed by atoms with van der Waals surface area (Å²) in [7, 11) is 0. The number of hydrogen-bond donors (Lipinski definition) is 7. The highest BCUT2D eigenvalue weighted by molar-refractivity contribution is 5.70. The van der Waals surface area contributed by atoms with Gasteiger partial charge in [0, 0.05) is 12.8 Å². The molecule has 0 amide bonds. The van der Waals surface area contributed by atoms with E-state index in [1.807, 2.05) is 6.08 Å². The van der Waals surface area contributed by atoms with Crippen molar-refractivity contribution in [2.24, 2.45) is 0 Å². The third kappa shape index (κ3) is 26.5. The Morgan fingerprint density at radius 2 is 0.924 bits per heavy atom. The summed E-state index contributed by atoms with van der Waals surface area (Å²) < 4.78 is 33.5. The molecule has 2 rings (SSSR count). The largest absolute Gasteiger partial charge is 0.462 e. The lowest BCUT2D eigenvalue weighted by Gasteiger charge is -2.42. The van der Waals surface area contributed by atoms with Gasteiger partial charge >= 0.3 is 11.9 Å². The molecule has 2 fully saturated rings. The lowest BCUT2D eigenvalue weighted by molar-refractivity contribution is -0.332. The fourth-order valence-electron chi connectivity index (χ4n) is 7.88. The molecule has 2 saturated heterocycles. The maximum atomic E-state index is 13.0. The first-order valence-corrected chi connectivity index (χ1v) is 25.6. The van der Waals surface area contributed by atoms with Gasteiger partial charge in [-0.25, -0.2) is 0 Å². The van der Waals surface area contributed by atoms with Crippen LogP contribution in [0.15, 0.2) is 36.5 Å². The number of esters is 2. The second-order valence-electron chi connectivity index (χ2n) is 18.0. The molecule has 4 unspecified atom stereocenters. The maximum absolute atomic E-state index is 13.0. The van der Waals surface area contributed by atoms with Crippen molar-refractivity contribution in [1.29, 1.82) is 0 Å². The third-order valence-corrected chi connectivity index (χ3v) is 12.1. The maximum Gasteiger partial charge on any atom is 0.306 e. The van der Waals surface area contributed by atoms with Gasteiger partial charge in [0.2, 0.25) is 0 Å². The Morgan fingerprint density at radius 3 is 1.47 bits per heavy atom. The molecule has 0 aromatic heterocycles. The second kappa shape index (κ2) is 38.6. The van der Waals surface area contributed by atoms with Crippen LogP contribution in [0, 0.1) is 0 Å². The molecule has 2 aliphatic heterocycles. The number of allylic oxidation sites excluding steroid dienone is 6. The summed E-state index contributed by atoms with van der Waals surface area (Å²) >= 11 is 0. The number of unbranched alkanes of at least 4 members (excludes halogenated alkanes) is 19. The van der Waals surface area contributed by atoms with Crippen molar-refractivity contribution in [2.45, 2.75) is 248 Å². The van der Waals surface area contributed by atoms with E-state index in [9.17, 15) is 45.3 Å². The van der Waals surface area contributed by atoms with E-state index >= 15 is 0 Å². The highest BCUT2D eigenvalue weighted by Gasteiger charge is 2.47. The van der Waals surface area contributed by atoms with Crippen LogP contribution >= 0.6 is 0 Å². The number of carbonyl (C=O) groups excluding carboxylic acids is 2. The van der Waals surface area contributed by atoms with Gasteiger partial charge in [-0.1, -0.05) is 159 Å². The molecule has 0 aromatic carbocycles. The van der Waals surface area contributed by atoms with Crippen LogP contribution in [0.5, 0.6) is 0 Å². The normalized spacial score (nSPS) is 26.4. The summed E-state index contributed by atoms with van der Waals surface area (Å²) in [5.74, 6) is -0.982. The minimum atomic E-state index is -1.77. The van der Waals surface area contributed by atoms with Crippen LogP contribution in [0.2, 0.25) is 0 Å². The predicted molar refractivity (Wildman–Crippen MR) is 252 cm³/mol. The topological polar surface area (TPSA) is 231 Å². The standard InChI is InChI=1S/C51H90O15/c1-3-5-7-9-11-13-15-17-18-19-20-22-23-25-27-29-31-33-42(53)61-36-39(64-43(54)34-32-30-28-26-24-21-16-14-12-10-8-6-4-2)37-62-50-49(60)47(58)45(56)41(66-50)38-63-51-48(59)46(57)44(55)40(35-52)65-51/h17-18,20,22,25,27,39-41,44-52,55-60H,3-16,19,21,23-24,26,28-38H2,1-2H3/b18-17+,22-20+,27-25+/t39-,40+,41+,44-,45-,46?,47?,48?,49?,50+,51+/m0/s1. The summed E-state index contributed by atoms with van der Waals surface area (Å²) in [5.41, 5.74) is 0. The molecule has 384 valence electrons. The predicted octanol–water partition coefficient (Wildman–Crippen LogP) is 6.93. The average Bonchev–Trinajstić information content (AvgIpc) is 3.31. The Balaban J connectivity index is 1.83. The van der Waals surface area contributed by atoms with Crippen LogP contribution in [0.4, 0.5) is 0 Å². The molecule has 7 N–H and O–H groups in total. The highest BCUT2D eigenvalue weighted by Crippen LogP contribution is 2.26. The molecule has 2 heterocycles. The molecule has 0 saturated carbocycles. The van der Waals surface area contributed by atoms with Crippen molar-refractivity contribution in [3.63, 3.8) is 0 Å². The molecular weight excluding hydrogens is 853 g/mol. The average molecular weight is 943 g/mol. The van der Waals surface area contributed by atoms with Gasteiger partial charge < -0.3 is 64.2 Å². The van der Waals surface area contributed by atoms with Crippen molar-refractivity contribution in [3.8, 4) is 0 Å². The number of ether oxygens (including phenoxy) is 6. The zero-order valence-electron chi connectivity index (χ0n) is 40.4. The molecule has 0 aliphatic carbocycles. The first kappa shape index (κ1) is 59.8. The van der Waals surface area contributed by atoms with E-state index in [1.165, 1.54) is 96.3 Å². The quantitative estimate of drug-likeness (QED) is 0.0188. The fraction of sp³-hybridized carbons (Fsp3) is 0.843. The fourth-order valence-corrected chi connectivity index (χ4v) is 7.88. The summed E-state index contributed by atoms with van der Waals surface area (Å²) in [5, 5.41) is 72.0. The molecule has 11 atom stereocenters. The lowest BCUT2D eigenvalue weighted by Crippen LogP contribution is -2.61. The van der Waals surface area contributed by atoms with Crippen molar-refractivity contribution in [2.75, 3.05) is 26.4 Å². The van der Waals surface area contributed by atoms with Crippen LogP contribution in [0.25, 0.3) is 0 Å². The summed E-state index contributed by atoms with van der Waals surface area (Å²) in [4.78, 5) is 25.7. The minimum Gasteiger partial charge on any atom is -0.462 e. The first-order valence-electron chi connectivity index (χ1n) is 25.6. The molecule has 0 spiro atoms. The van der Waals surface area contributed by atoms with Crippen LogP contribution in [0.3, 0.4) is 0 Å². The Hall–Kier alpha value is -2.28. The smallest absolute Gasteiger partial charge is 0.306 e. The van der Waals surface area contributed by atoms with E-state index in [4.69, 9.17) is 28.4 Å². The Kier molecular flexibility index (Phi) is 35.0. The molecule has 66 heavy (non-hydrogen) atoms. The van der Waals surface area contributed by atoms with Gasteiger partial charge in [-0.2, -0.15) is 0 Å². The summed E-state index contributed by atoms with van der Waals surface area (Å²) in [6.45, 7) is 2.53. The van der Waals surface area contributed by atoms with E-state index in [1.54, 1.807) is 0 Å². The monoisotopic (exact) mass is 943 g/mol. The van der Waals surface area contributed by atoms with Crippen LogP contribution < -0.4 is 0 Å². The van der Waals surface area contributed by atoms with Gasteiger partial charge in [-0.3, -0.25) is 9.59 Å². The van der Waals surface area contributed by atoms with E-state index in [0.29, 0.717) is 19.3 Å². The van der Waals surface area contributed by atoms with Gasteiger partial charge in [0.15, 0.2) is 18.7 Å². The molecule has 15 nitrogen and oxygen atoms in total. The summed E-state index contributed by atoms with van der Waals surface area (Å²) in [6.07, 6.45) is 23.2. The molecule has 0 bridgehead atoms. The highest BCUT2D eigenvalue weighted by atomic mass is 16.7. The van der Waals surface area contributed by atoms with E-state index < -0.39 is 99.3 Å². The Bertz CT molecular complexity index is 1290. The van der Waals surface area contributed by atoms with Crippen molar-refractivity contribution < 1.29 is 73.8 Å². The minimum absolute atomic E-state index is 0.148. The molecule has 2 aliphatic rings. The summed E-state index contributed by atoms with van der Waals surface area (Å²) in [6, 6.07) is 0. The van der Waals surface area contributed by atoms with Crippen molar-refractivity contribution >= 4 is 11.9 Å². The van der Waals surface area contributed by atoms with Gasteiger partial charge in [0.1, 0.15) is 55.4 Å². The number of aliphatic hydroxyl groups excluding tert-OH is 7. The lowest BCUT2D eigenvalue weighted by atomic mass is 9.98. The Morgan fingerprint density at radius 1 is 0.485 bits per heavy atom. The Labute approximate surface area is 395 Å². The second-order valence-corrected chi connectivity index (χ2v) is 18.0. The zero-order chi connectivity index (χ0) is 48.2. The zero-order valence-corrected chi connectivity index (χ0v) is 40.4. The van der Waals surface area contributed by atoms with Gasteiger partial charge in [-0.05, 0) is 44.9 Å². The molecule has 0 radical (unpaired) electrons. The van der Waals surface area contributed by atoms with Gasteiger partial charge in [0.25, 0.3) is 0 Å². The van der Waals surface area contributed by atoms with Crippen molar-refractivity contribution in [3.05, 3.63) is 36.5 Å². The van der Waals surface area contributed by atoms with Gasteiger partial charge in [0.05, 0.1) is 19.8 Å². The molecule has 15 heteroatoms. The number of aliphatic hydroxyl groups is 7. The SMILES string of the molecule is CCCCCCCC/C=C/C/C=C/C/C=C/CCCC(=O)OC[C@@H](CO[C@@H]1O[C@H](CO[C@@H]2O[C@H](CO)[C@H](O)C(O)C2O)[C@H](O)C(O)C1O)OC(=O)CCCCCCCCCCCCCCC. The van der Waals surface area contributed by atoms with Crippen molar-refractivity contribution in [1.82, 2.24) is 0 Å².